The van der Waals surface area contributed by atoms with Gasteiger partial charge in [-0.25, -0.2) is 9.59 Å². The highest BCUT2D eigenvalue weighted by atomic mass is 31.2. The Morgan fingerprint density at radius 1 is 0.806 bits per heavy atom. The smallest absolute Gasteiger partial charge is 0.361 e. The number of hydrogen-bond acceptors (Lipinski definition) is 7. The maximum atomic E-state index is 13.7. The zero-order valence-corrected chi connectivity index (χ0v) is 20.0. The molecule has 0 atom stereocenters. The summed E-state index contributed by atoms with van der Waals surface area (Å²) in [5.41, 5.74) is 3.29. The van der Waals surface area contributed by atoms with Crippen LogP contribution in [0.4, 0.5) is 0 Å². The van der Waals surface area contributed by atoms with Gasteiger partial charge < -0.3 is 18.5 Å². The Labute approximate surface area is 184 Å². The molecule has 7 nitrogen and oxygen atoms in total. The van der Waals surface area contributed by atoms with Gasteiger partial charge in [-0.1, -0.05) is 30.9 Å². The molecule has 0 spiro atoms. The average Bonchev–Trinajstić information content (AvgIpc) is 2.66. The van der Waals surface area contributed by atoms with Crippen molar-refractivity contribution in [3.8, 4) is 0 Å². The van der Waals surface area contributed by atoms with Crippen LogP contribution in [0.3, 0.4) is 0 Å². The third-order valence-electron chi connectivity index (χ3n) is 4.17. The molecule has 0 aliphatic rings. The minimum atomic E-state index is -3.65. The van der Waals surface area contributed by atoms with Gasteiger partial charge in [0, 0.05) is 24.0 Å². The minimum Gasteiger partial charge on any atom is -0.462 e. The van der Waals surface area contributed by atoms with Crippen LogP contribution < -0.4 is 5.30 Å². The second kappa shape index (κ2) is 12.6. The van der Waals surface area contributed by atoms with Crippen molar-refractivity contribution in [3.63, 3.8) is 0 Å². The largest absolute Gasteiger partial charge is 0.462 e. The Hall–Kier alpha value is -2.21. The van der Waals surface area contributed by atoms with Gasteiger partial charge in [0.05, 0.1) is 31.7 Å². The molecule has 0 saturated heterocycles. The van der Waals surface area contributed by atoms with Crippen LogP contribution in [0.25, 0.3) is 0 Å². The zero-order valence-electron chi connectivity index (χ0n) is 19.1. The molecule has 0 saturated carbocycles. The number of carbonyl (C=O) groups is 2. The van der Waals surface area contributed by atoms with Crippen molar-refractivity contribution < 1.29 is 32.7 Å². The summed E-state index contributed by atoms with van der Waals surface area (Å²) >= 11 is 0. The van der Waals surface area contributed by atoms with Gasteiger partial charge in [0.15, 0.2) is 0 Å². The molecular formula is C23H33O7P. The predicted octanol–water partition coefficient (Wildman–Crippen LogP) is 4.48. The van der Waals surface area contributed by atoms with Crippen molar-refractivity contribution in [2.24, 2.45) is 0 Å². The Morgan fingerprint density at radius 3 is 1.55 bits per heavy atom. The molecule has 0 unspecified atom stereocenters. The molecule has 0 aliphatic carbocycles. The van der Waals surface area contributed by atoms with E-state index in [0.29, 0.717) is 29.3 Å². The SMILES string of the molecule is C=C(C)C(=O)OCCCOP(=O)(OCCCOC(=O)C(=C)C)c1c(C)cc(C)cc1C. The van der Waals surface area contributed by atoms with E-state index in [1.165, 1.54) is 0 Å². The summed E-state index contributed by atoms with van der Waals surface area (Å²) in [7, 11) is -3.65. The molecule has 1 aromatic carbocycles. The predicted molar refractivity (Wildman–Crippen MR) is 121 cm³/mol. The summed E-state index contributed by atoms with van der Waals surface area (Å²) in [5, 5.41) is 0.524. The fourth-order valence-corrected chi connectivity index (χ4v) is 4.90. The first-order valence-electron chi connectivity index (χ1n) is 10.1. The average molecular weight is 452 g/mol. The van der Waals surface area contributed by atoms with Gasteiger partial charge in [-0.05, 0) is 45.7 Å². The lowest BCUT2D eigenvalue weighted by Crippen LogP contribution is -2.19. The van der Waals surface area contributed by atoms with Crippen LogP contribution in [-0.4, -0.2) is 38.4 Å². The maximum Gasteiger partial charge on any atom is 0.361 e. The van der Waals surface area contributed by atoms with E-state index in [0.717, 1.165) is 16.7 Å². The number of aryl methyl sites for hydroxylation is 3. The summed E-state index contributed by atoms with van der Waals surface area (Å²) in [6, 6.07) is 3.84. The first-order valence-corrected chi connectivity index (χ1v) is 11.6. The monoisotopic (exact) mass is 452 g/mol. The molecular weight excluding hydrogens is 419 g/mol. The minimum absolute atomic E-state index is 0.0815. The standard InChI is InChI=1S/C23H33O7P/c1-16(2)22(24)27-10-8-12-29-31(26,21-19(6)14-18(5)15-20(21)7)30-13-9-11-28-23(25)17(3)4/h14-15H,1,3,8-13H2,2,4-7H3. The Balaban J connectivity index is 2.80. The lowest BCUT2D eigenvalue weighted by Gasteiger charge is -2.22. The molecule has 0 radical (unpaired) electrons. The summed E-state index contributed by atoms with van der Waals surface area (Å²) in [5.74, 6) is -0.956. The van der Waals surface area contributed by atoms with Gasteiger partial charge in [-0.15, -0.1) is 0 Å². The number of rotatable bonds is 13. The van der Waals surface area contributed by atoms with E-state index >= 15 is 0 Å². The van der Waals surface area contributed by atoms with E-state index in [4.69, 9.17) is 18.5 Å². The van der Waals surface area contributed by atoms with E-state index in [-0.39, 0.29) is 26.4 Å². The van der Waals surface area contributed by atoms with Crippen molar-refractivity contribution in [1.82, 2.24) is 0 Å². The number of carbonyl (C=O) groups excluding carboxylic acids is 2. The molecule has 0 amide bonds. The van der Waals surface area contributed by atoms with E-state index < -0.39 is 19.5 Å². The van der Waals surface area contributed by atoms with Gasteiger partial charge in [-0.3, -0.25) is 4.57 Å². The van der Waals surface area contributed by atoms with Gasteiger partial charge in [-0.2, -0.15) is 0 Å². The number of ether oxygens (including phenoxy) is 2. The number of benzene rings is 1. The first kappa shape index (κ1) is 26.8. The normalized spacial score (nSPS) is 11.1. The highest BCUT2D eigenvalue weighted by Crippen LogP contribution is 2.49. The Morgan fingerprint density at radius 2 is 1.19 bits per heavy atom. The van der Waals surface area contributed by atoms with E-state index in [9.17, 15) is 14.2 Å². The van der Waals surface area contributed by atoms with Crippen LogP contribution in [0.1, 0.15) is 43.4 Å². The van der Waals surface area contributed by atoms with Crippen molar-refractivity contribution in [1.29, 1.82) is 0 Å². The highest BCUT2D eigenvalue weighted by Gasteiger charge is 2.31. The number of esters is 2. The Kier molecular flexibility index (Phi) is 10.9. The van der Waals surface area contributed by atoms with Gasteiger partial charge in [0.1, 0.15) is 0 Å². The second-order valence-electron chi connectivity index (χ2n) is 7.45. The van der Waals surface area contributed by atoms with Crippen LogP contribution in [0, 0.1) is 20.8 Å². The van der Waals surface area contributed by atoms with Gasteiger partial charge in [0.2, 0.25) is 0 Å². The molecule has 0 fully saturated rings. The number of hydrogen-bond donors (Lipinski definition) is 0. The van der Waals surface area contributed by atoms with Crippen LogP contribution in [0.2, 0.25) is 0 Å². The molecule has 8 heteroatoms. The maximum absolute atomic E-state index is 13.7. The van der Waals surface area contributed by atoms with E-state index in [2.05, 4.69) is 13.2 Å². The fourth-order valence-electron chi connectivity index (χ4n) is 2.83. The van der Waals surface area contributed by atoms with Crippen molar-refractivity contribution in [3.05, 3.63) is 53.1 Å². The van der Waals surface area contributed by atoms with Crippen molar-refractivity contribution >= 4 is 24.8 Å². The van der Waals surface area contributed by atoms with E-state index in [1.807, 2.05) is 32.9 Å². The van der Waals surface area contributed by atoms with Crippen LogP contribution in [0.15, 0.2) is 36.4 Å². The van der Waals surface area contributed by atoms with Crippen molar-refractivity contribution in [2.45, 2.75) is 47.5 Å². The lowest BCUT2D eigenvalue weighted by molar-refractivity contribution is -0.140. The molecule has 0 aromatic heterocycles. The topological polar surface area (TPSA) is 88.1 Å². The fraction of sp³-hybridized carbons (Fsp3) is 0.478. The Bertz CT molecular complexity index is 810. The quantitative estimate of drug-likeness (QED) is 0.189. The first-order chi connectivity index (χ1) is 14.5. The molecule has 1 rings (SSSR count). The molecule has 172 valence electrons. The zero-order chi connectivity index (χ0) is 23.6. The van der Waals surface area contributed by atoms with E-state index in [1.54, 1.807) is 13.8 Å². The molecule has 1 aromatic rings. The molecule has 31 heavy (non-hydrogen) atoms. The lowest BCUT2D eigenvalue weighted by atomic mass is 10.1. The van der Waals surface area contributed by atoms with Crippen LogP contribution >= 0.6 is 7.60 Å². The van der Waals surface area contributed by atoms with Gasteiger partial charge in [0.25, 0.3) is 0 Å². The summed E-state index contributed by atoms with van der Waals surface area (Å²) in [6.45, 7) is 16.3. The molecule has 0 N–H and O–H groups in total. The second-order valence-corrected chi connectivity index (χ2v) is 9.41. The summed E-state index contributed by atoms with van der Waals surface area (Å²) < 4.78 is 35.2. The molecule has 0 aliphatic heterocycles. The van der Waals surface area contributed by atoms with Crippen molar-refractivity contribution in [2.75, 3.05) is 26.4 Å². The third kappa shape index (κ3) is 8.82. The summed E-state index contributed by atoms with van der Waals surface area (Å²) in [4.78, 5) is 22.9. The highest BCUT2D eigenvalue weighted by molar-refractivity contribution is 7.62. The van der Waals surface area contributed by atoms with Gasteiger partial charge >= 0.3 is 19.5 Å². The van der Waals surface area contributed by atoms with Crippen LogP contribution in [0.5, 0.6) is 0 Å². The van der Waals surface area contributed by atoms with Crippen LogP contribution in [-0.2, 0) is 32.7 Å². The summed E-state index contributed by atoms with van der Waals surface area (Å²) in [6.07, 6.45) is 0.707. The third-order valence-corrected chi connectivity index (χ3v) is 6.47. The molecule has 0 heterocycles. The molecule has 0 bridgehead atoms.